The fourth-order valence-corrected chi connectivity index (χ4v) is 0.837. The van der Waals surface area contributed by atoms with E-state index >= 15 is 0 Å². The molecule has 1 atom stereocenters. The Kier molecular flexibility index (Phi) is 2.61. The maximum Gasteiger partial charge on any atom is 0.433 e. The third-order valence-corrected chi connectivity index (χ3v) is 1.48. The largest absolute Gasteiger partial charge is 0.433 e. The second-order valence-electron chi connectivity index (χ2n) is 2.80. The van der Waals surface area contributed by atoms with Gasteiger partial charge in [0.15, 0.2) is 5.69 Å². The molecular formula is C7H8F3N3O. The van der Waals surface area contributed by atoms with Gasteiger partial charge >= 0.3 is 6.18 Å². The van der Waals surface area contributed by atoms with E-state index in [0.29, 0.717) is 6.07 Å². The van der Waals surface area contributed by atoms with E-state index < -0.39 is 23.5 Å². The molecule has 0 aliphatic carbocycles. The topological polar surface area (TPSA) is 71.8 Å². The lowest BCUT2D eigenvalue weighted by Crippen LogP contribution is -2.22. The Labute approximate surface area is 77.0 Å². The molecular weight excluding hydrogens is 199 g/mol. The van der Waals surface area contributed by atoms with E-state index in [0.717, 1.165) is 0 Å². The van der Waals surface area contributed by atoms with Crippen molar-refractivity contribution in [1.82, 2.24) is 9.97 Å². The molecule has 78 valence electrons. The second-order valence-corrected chi connectivity index (χ2v) is 2.80. The molecule has 0 radical (unpaired) electrons. The Morgan fingerprint density at radius 3 is 2.57 bits per heavy atom. The van der Waals surface area contributed by atoms with Gasteiger partial charge in [-0.1, -0.05) is 0 Å². The van der Waals surface area contributed by atoms with Gasteiger partial charge in [0.2, 0.25) is 0 Å². The summed E-state index contributed by atoms with van der Waals surface area (Å²) in [5.74, 6) is -0.176. The van der Waals surface area contributed by atoms with Crippen molar-refractivity contribution in [3.05, 3.63) is 27.9 Å². The van der Waals surface area contributed by atoms with Crippen LogP contribution in [0.4, 0.5) is 13.2 Å². The predicted molar refractivity (Wildman–Crippen MR) is 42.5 cm³/mol. The van der Waals surface area contributed by atoms with Gasteiger partial charge in [0.25, 0.3) is 5.56 Å². The van der Waals surface area contributed by atoms with Gasteiger partial charge < -0.3 is 10.7 Å². The third kappa shape index (κ3) is 2.32. The first-order chi connectivity index (χ1) is 6.30. The van der Waals surface area contributed by atoms with Gasteiger partial charge in [0, 0.05) is 6.07 Å². The van der Waals surface area contributed by atoms with Gasteiger partial charge in [0.1, 0.15) is 5.82 Å². The zero-order valence-electron chi connectivity index (χ0n) is 7.22. The number of hydrogen-bond donors (Lipinski definition) is 2. The Morgan fingerprint density at radius 2 is 2.14 bits per heavy atom. The average molecular weight is 207 g/mol. The Balaban J connectivity index is 3.28. The molecule has 7 heteroatoms. The van der Waals surface area contributed by atoms with Crippen molar-refractivity contribution in [3.63, 3.8) is 0 Å². The monoisotopic (exact) mass is 207 g/mol. The molecule has 0 saturated carbocycles. The average Bonchev–Trinajstić information content (AvgIpc) is 2.01. The fraction of sp³-hybridized carbons (Fsp3) is 0.429. The highest BCUT2D eigenvalue weighted by Crippen LogP contribution is 2.26. The molecule has 0 amide bonds. The molecule has 4 nitrogen and oxygen atoms in total. The summed E-state index contributed by atoms with van der Waals surface area (Å²) in [6.45, 7) is 1.43. The third-order valence-electron chi connectivity index (χ3n) is 1.48. The summed E-state index contributed by atoms with van der Waals surface area (Å²) >= 11 is 0. The minimum atomic E-state index is -4.63. The fourth-order valence-electron chi connectivity index (χ4n) is 0.837. The van der Waals surface area contributed by atoms with E-state index in [2.05, 4.69) is 9.97 Å². The van der Waals surface area contributed by atoms with Crippen LogP contribution in [-0.4, -0.2) is 9.97 Å². The van der Waals surface area contributed by atoms with Crippen molar-refractivity contribution < 1.29 is 13.2 Å². The maximum absolute atomic E-state index is 12.2. The van der Waals surface area contributed by atoms with Crippen molar-refractivity contribution in [2.45, 2.75) is 19.1 Å². The van der Waals surface area contributed by atoms with E-state index in [4.69, 9.17) is 5.73 Å². The molecule has 1 aromatic heterocycles. The molecule has 1 aromatic rings. The van der Waals surface area contributed by atoms with Crippen LogP contribution in [0.3, 0.4) is 0 Å². The van der Waals surface area contributed by atoms with Crippen LogP contribution in [0.1, 0.15) is 24.5 Å². The van der Waals surface area contributed by atoms with Gasteiger partial charge in [-0.25, -0.2) is 4.98 Å². The molecule has 3 N–H and O–H groups in total. The molecule has 1 rings (SSSR count). The molecule has 0 fully saturated rings. The highest BCUT2D eigenvalue weighted by Gasteiger charge is 2.33. The van der Waals surface area contributed by atoms with Crippen LogP contribution in [0, 0.1) is 0 Å². The zero-order chi connectivity index (χ0) is 10.9. The van der Waals surface area contributed by atoms with Crippen molar-refractivity contribution in [3.8, 4) is 0 Å². The van der Waals surface area contributed by atoms with Crippen LogP contribution in [0.15, 0.2) is 10.9 Å². The number of hydrogen-bond acceptors (Lipinski definition) is 3. The first-order valence-electron chi connectivity index (χ1n) is 3.74. The van der Waals surface area contributed by atoms with Crippen LogP contribution in [0.5, 0.6) is 0 Å². The second kappa shape index (κ2) is 3.41. The molecule has 0 bridgehead atoms. The minimum Gasteiger partial charge on any atom is -0.322 e. The summed E-state index contributed by atoms with van der Waals surface area (Å²) in [6, 6.07) is -0.351. The predicted octanol–water partition coefficient (Wildman–Crippen LogP) is 0.808. The van der Waals surface area contributed by atoms with Crippen LogP contribution >= 0.6 is 0 Å². The highest BCUT2D eigenvalue weighted by molar-refractivity contribution is 5.07. The molecule has 0 spiro atoms. The van der Waals surface area contributed by atoms with Crippen molar-refractivity contribution in [2.75, 3.05) is 0 Å². The number of aromatic nitrogens is 2. The van der Waals surface area contributed by atoms with E-state index in [1.54, 1.807) is 0 Å². The molecule has 0 aliphatic rings. The SMILES string of the molecule is CC(N)c1nc(C(F)(F)F)cc(=O)[nH]1. The smallest absolute Gasteiger partial charge is 0.322 e. The molecule has 14 heavy (non-hydrogen) atoms. The Bertz CT molecular complexity index is 383. The van der Waals surface area contributed by atoms with Crippen LogP contribution in [0.25, 0.3) is 0 Å². The Morgan fingerprint density at radius 1 is 1.57 bits per heavy atom. The number of rotatable bonds is 1. The number of aromatic amines is 1. The van der Waals surface area contributed by atoms with Crippen LogP contribution < -0.4 is 11.3 Å². The molecule has 0 aromatic carbocycles. The zero-order valence-corrected chi connectivity index (χ0v) is 7.22. The summed E-state index contributed by atoms with van der Waals surface area (Å²) in [7, 11) is 0. The number of nitrogens with one attached hydrogen (secondary N) is 1. The summed E-state index contributed by atoms with van der Waals surface area (Å²) in [5.41, 5.74) is 3.21. The first kappa shape index (κ1) is 10.7. The quantitative estimate of drug-likeness (QED) is 0.715. The maximum atomic E-state index is 12.2. The normalized spacial score (nSPS) is 14.1. The van der Waals surface area contributed by atoms with Crippen molar-refractivity contribution in [2.24, 2.45) is 5.73 Å². The molecule has 1 unspecified atom stereocenters. The summed E-state index contributed by atoms with van der Waals surface area (Å²) in [5, 5.41) is 0. The molecule has 1 heterocycles. The summed E-state index contributed by atoms with van der Waals surface area (Å²) < 4.78 is 36.5. The van der Waals surface area contributed by atoms with E-state index in [1.807, 2.05) is 0 Å². The molecule has 0 aliphatic heterocycles. The number of halogens is 3. The standard InChI is InChI=1S/C7H8F3N3O/c1-3(11)6-12-4(7(8,9)10)2-5(14)13-6/h2-3H,11H2,1H3,(H,12,13,14). The van der Waals surface area contributed by atoms with Crippen molar-refractivity contribution >= 4 is 0 Å². The van der Waals surface area contributed by atoms with Gasteiger partial charge in [-0.05, 0) is 6.92 Å². The van der Waals surface area contributed by atoms with E-state index in [1.165, 1.54) is 6.92 Å². The summed E-state index contributed by atoms with van der Waals surface area (Å²) in [6.07, 6.45) is -4.63. The van der Waals surface area contributed by atoms with Gasteiger partial charge in [0.05, 0.1) is 6.04 Å². The minimum absolute atomic E-state index is 0.176. The number of H-pyrrole nitrogens is 1. The lowest BCUT2D eigenvalue weighted by molar-refractivity contribution is -0.141. The number of alkyl halides is 3. The number of nitrogens with two attached hydrogens (primary N) is 1. The molecule has 0 saturated heterocycles. The van der Waals surface area contributed by atoms with Crippen LogP contribution in [0.2, 0.25) is 0 Å². The summed E-state index contributed by atoms with van der Waals surface area (Å²) in [4.78, 5) is 16.1. The first-order valence-corrected chi connectivity index (χ1v) is 3.74. The van der Waals surface area contributed by atoms with E-state index in [9.17, 15) is 18.0 Å². The van der Waals surface area contributed by atoms with Crippen molar-refractivity contribution in [1.29, 1.82) is 0 Å². The van der Waals surface area contributed by atoms with E-state index in [-0.39, 0.29) is 5.82 Å². The highest BCUT2D eigenvalue weighted by atomic mass is 19.4. The lowest BCUT2D eigenvalue weighted by atomic mass is 10.3. The van der Waals surface area contributed by atoms with Gasteiger partial charge in [-0.3, -0.25) is 4.79 Å². The van der Waals surface area contributed by atoms with Gasteiger partial charge in [-0.2, -0.15) is 13.2 Å². The number of nitrogens with zero attached hydrogens (tertiary/aromatic N) is 1. The van der Waals surface area contributed by atoms with Gasteiger partial charge in [-0.15, -0.1) is 0 Å². The lowest BCUT2D eigenvalue weighted by Gasteiger charge is -2.08. The Hall–Kier alpha value is -1.37. The van der Waals surface area contributed by atoms with Crippen LogP contribution in [-0.2, 0) is 6.18 Å².